The summed E-state index contributed by atoms with van der Waals surface area (Å²) in [6.45, 7) is 1.91. The normalized spacial score (nSPS) is 15.2. The van der Waals surface area contributed by atoms with Gasteiger partial charge in [-0.05, 0) is 42.7 Å². The van der Waals surface area contributed by atoms with Crippen molar-refractivity contribution in [2.45, 2.75) is 18.2 Å². The van der Waals surface area contributed by atoms with Crippen molar-refractivity contribution < 1.29 is 13.5 Å². The van der Waals surface area contributed by atoms with Gasteiger partial charge in [-0.15, -0.1) is 0 Å². The van der Waals surface area contributed by atoms with Gasteiger partial charge in [-0.25, -0.2) is 8.42 Å². The third-order valence-corrected chi connectivity index (χ3v) is 6.36. The van der Waals surface area contributed by atoms with Gasteiger partial charge in [0.1, 0.15) is 5.75 Å². The van der Waals surface area contributed by atoms with Crippen LogP contribution in [0.5, 0.6) is 5.75 Å². The summed E-state index contributed by atoms with van der Waals surface area (Å²) in [6.07, 6.45) is 1.99. The van der Waals surface area contributed by atoms with Crippen molar-refractivity contribution in [3.63, 3.8) is 0 Å². The number of nitrogens with two attached hydrogens (primary N) is 1. The maximum Gasteiger partial charge on any atom is 0.179 e. The fraction of sp³-hybridized carbons (Fsp3) is 0.167. The highest BCUT2D eigenvalue weighted by atomic mass is 32.2. The second kappa shape index (κ2) is 5.35. The number of phenols is 1. The number of nitrogens with one attached hydrogen (secondary N) is 1. The lowest BCUT2D eigenvalue weighted by atomic mass is 10.0. The predicted molar refractivity (Wildman–Crippen MR) is 98.0 cm³/mol. The summed E-state index contributed by atoms with van der Waals surface area (Å²) in [5.74, 6) is 0.235. The van der Waals surface area contributed by atoms with Gasteiger partial charge in [0.05, 0.1) is 33.7 Å². The summed E-state index contributed by atoms with van der Waals surface area (Å²) in [7, 11) is -3.25. The summed E-state index contributed by atoms with van der Waals surface area (Å²) in [6, 6.07) is 8.34. The summed E-state index contributed by atoms with van der Waals surface area (Å²) in [5, 5.41) is 13.7. The minimum Gasteiger partial charge on any atom is -0.508 e. The average molecular weight is 355 g/mol. The minimum absolute atomic E-state index is 0.0981. The topological polar surface area (TPSA) is 105 Å². The van der Waals surface area contributed by atoms with E-state index < -0.39 is 9.84 Å². The maximum atomic E-state index is 12.2. The van der Waals surface area contributed by atoms with Crippen LogP contribution < -0.4 is 11.1 Å². The number of benzene rings is 2. The molecule has 0 radical (unpaired) electrons. The fourth-order valence-corrected chi connectivity index (χ4v) is 4.80. The van der Waals surface area contributed by atoms with Crippen molar-refractivity contribution in [3.05, 3.63) is 47.7 Å². The standard InChI is InChI=1S/C18H17N3O3S/c1-10-2-3-11(22)8-15(10)21-18-13(19)9-20-14-4-5-16-12(17(14)18)6-7-25(16,23)24/h2-5,8-9,22H,6-7,19H2,1H3,(H,20,21). The molecule has 0 spiro atoms. The average Bonchev–Trinajstić information content (AvgIpc) is 2.88. The SMILES string of the molecule is Cc1ccc(O)cc1Nc1c(N)cnc2ccc3c(c12)CCS3(=O)=O. The van der Waals surface area contributed by atoms with E-state index in [-0.39, 0.29) is 11.5 Å². The van der Waals surface area contributed by atoms with Crippen LogP contribution in [0.4, 0.5) is 17.1 Å². The Hall–Kier alpha value is -2.80. The fourth-order valence-electron chi connectivity index (χ4n) is 3.25. The molecule has 25 heavy (non-hydrogen) atoms. The number of aromatic nitrogens is 1. The molecular weight excluding hydrogens is 338 g/mol. The van der Waals surface area contributed by atoms with Gasteiger partial charge < -0.3 is 16.2 Å². The zero-order chi connectivity index (χ0) is 17.8. The van der Waals surface area contributed by atoms with Crippen molar-refractivity contribution in [2.75, 3.05) is 16.8 Å². The Labute approximate surface area is 145 Å². The molecule has 0 saturated carbocycles. The van der Waals surface area contributed by atoms with Gasteiger partial charge in [0.25, 0.3) is 0 Å². The lowest BCUT2D eigenvalue weighted by Crippen LogP contribution is -2.02. The Morgan fingerprint density at radius 3 is 2.84 bits per heavy atom. The van der Waals surface area contributed by atoms with Crippen molar-refractivity contribution in [3.8, 4) is 5.75 Å². The summed E-state index contributed by atoms with van der Waals surface area (Å²) < 4.78 is 24.5. The molecule has 128 valence electrons. The van der Waals surface area contributed by atoms with E-state index in [1.165, 1.54) is 0 Å². The Morgan fingerprint density at radius 2 is 2.04 bits per heavy atom. The minimum atomic E-state index is -3.25. The molecule has 0 aliphatic carbocycles. The second-order valence-electron chi connectivity index (χ2n) is 6.22. The maximum absolute atomic E-state index is 12.2. The molecule has 0 bridgehead atoms. The first-order valence-corrected chi connectivity index (χ1v) is 9.51. The summed E-state index contributed by atoms with van der Waals surface area (Å²) >= 11 is 0. The second-order valence-corrected chi connectivity index (χ2v) is 8.30. The number of hydrogen-bond acceptors (Lipinski definition) is 6. The number of fused-ring (bicyclic) bond motifs is 3. The summed E-state index contributed by atoms with van der Waals surface area (Å²) in [5.41, 5.74) is 10.3. The molecule has 7 heteroatoms. The molecule has 3 aromatic rings. The Morgan fingerprint density at radius 1 is 1.24 bits per heavy atom. The molecule has 0 fully saturated rings. The molecule has 1 aromatic heterocycles. The molecule has 2 heterocycles. The van der Waals surface area contributed by atoms with Crippen molar-refractivity contribution in [1.29, 1.82) is 0 Å². The van der Waals surface area contributed by atoms with Gasteiger partial charge in [0.2, 0.25) is 0 Å². The van der Waals surface area contributed by atoms with Crippen LogP contribution in [-0.4, -0.2) is 24.3 Å². The van der Waals surface area contributed by atoms with Crippen LogP contribution in [0, 0.1) is 6.92 Å². The number of aromatic hydroxyl groups is 1. The van der Waals surface area contributed by atoms with E-state index in [1.807, 2.05) is 6.92 Å². The molecule has 6 nitrogen and oxygen atoms in total. The van der Waals surface area contributed by atoms with Gasteiger partial charge in [-0.2, -0.15) is 0 Å². The van der Waals surface area contributed by atoms with E-state index in [9.17, 15) is 13.5 Å². The van der Waals surface area contributed by atoms with Crippen molar-refractivity contribution in [1.82, 2.24) is 4.98 Å². The number of nitrogen functional groups attached to an aromatic ring is 1. The van der Waals surface area contributed by atoms with Gasteiger partial charge in [0, 0.05) is 17.1 Å². The highest BCUT2D eigenvalue weighted by Gasteiger charge is 2.29. The smallest absolute Gasteiger partial charge is 0.179 e. The van der Waals surface area contributed by atoms with E-state index in [4.69, 9.17) is 5.73 Å². The zero-order valence-corrected chi connectivity index (χ0v) is 14.4. The largest absolute Gasteiger partial charge is 0.508 e. The molecule has 0 amide bonds. The van der Waals surface area contributed by atoms with E-state index in [0.29, 0.717) is 33.9 Å². The predicted octanol–water partition coefficient (Wildman–Crippen LogP) is 2.90. The highest BCUT2D eigenvalue weighted by Crippen LogP contribution is 2.39. The molecule has 4 rings (SSSR count). The van der Waals surface area contributed by atoms with Gasteiger partial charge in [-0.3, -0.25) is 4.98 Å². The molecule has 1 aliphatic rings. The van der Waals surface area contributed by atoms with Gasteiger partial charge in [-0.1, -0.05) is 6.07 Å². The first-order chi connectivity index (χ1) is 11.9. The molecule has 4 N–H and O–H groups in total. The number of pyridine rings is 1. The Kier molecular flexibility index (Phi) is 3.36. The molecule has 0 saturated heterocycles. The third-order valence-electron chi connectivity index (χ3n) is 4.57. The first kappa shape index (κ1) is 15.7. The van der Waals surface area contributed by atoms with E-state index in [2.05, 4.69) is 10.3 Å². The number of sulfone groups is 1. The van der Waals surface area contributed by atoms with Crippen LogP contribution in [0.25, 0.3) is 10.9 Å². The Balaban J connectivity index is 1.99. The van der Waals surface area contributed by atoms with Crippen LogP contribution in [0.15, 0.2) is 41.4 Å². The third kappa shape index (κ3) is 2.47. The number of aryl methyl sites for hydroxylation is 2. The van der Waals surface area contributed by atoms with E-state index in [1.54, 1.807) is 36.5 Å². The number of anilines is 3. The molecular formula is C18H17N3O3S. The Bertz CT molecular complexity index is 1120. The van der Waals surface area contributed by atoms with Crippen molar-refractivity contribution >= 4 is 37.8 Å². The lowest BCUT2D eigenvalue weighted by Gasteiger charge is -2.16. The van der Waals surface area contributed by atoms with Crippen LogP contribution in [0.3, 0.4) is 0 Å². The zero-order valence-electron chi connectivity index (χ0n) is 13.6. The number of phenolic OH excluding ortho intramolecular Hbond substituents is 1. The summed E-state index contributed by atoms with van der Waals surface area (Å²) in [4.78, 5) is 4.69. The van der Waals surface area contributed by atoms with Gasteiger partial charge in [0.15, 0.2) is 9.84 Å². The van der Waals surface area contributed by atoms with Crippen LogP contribution in [-0.2, 0) is 16.3 Å². The van der Waals surface area contributed by atoms with E-state index >= 15 is 0 Å². The monoisotopic (exact) mass is 355 g/mol. The molecule has 0 unspecified atom stereocenters. The lowest BCUT2D eigenvalue weighted by molar-refractivity contribution is 0.475. The van der Waals surface area contributed by atoms with E-state index in [0.717, 1.165) is 16.5 Å². The van der Waals surface area contributed by atoms with Crippen LogP contribution >= 0.6 is 0 Å². The van der Waals surface area contributed by atoms with Crippen LogP contribution in [0.1, 0.15) is 11.1 Å². The molecule has 1 aliphatic heterocycles. The highest BCUT2D eigenvalue weighted by molar-refractivity contribution is 7.91. The molecule has 2 aromatic carbocycles. The van der Waals surface area contributed by atoms with Crippen molar-refractivity contribution in [2.24, 2.45) is 0 Å². The molecule has 0 atom stereocenters. The van der Waals surface area contributed by atoms with Crippen LogP contribution in [0.2, 0.25) is 0 Å². The number of nitrogens with zero attached hydrogens (tertiary/aromatic N) is 1. The number of rotatable bonds is 2. The number of hydrogen-bond donors (Lipinski definition) is 3. The van der Waals surface area contributed by atoms with Gasteiger partial charge >= 0.3 is 0 Å². The quantitative estimate of drug-likeness (QED) is 0.653. The first-order valence-electron chi connectivity index (χ1n) is 7.86.